The highest BCUT2D eigenvalue weighted by Gasteiger charge is 2.26. The molecule has 19 heavy (non-hydrogen) atoms. The molecule has 5 nitrogen and oxygen atoms in total. The molecule has 0 amide bonds. The Kier molecular flexibility index (Phi) is 5.17. The number of thiol groups is 1. The van der Waals surface area contributed by atoms with Crippen LogP contribution in [-0.4, -0.2) is 15.2 Å². The first-order valence-electron chi connectivity index (χ1n) is 6.35. The van der Waals surface area contributed by atoms with Crippen LogP contribution in [0.15, 0.2) is 17.1 Å². The van der Waals surface area contributed by atoms with Crippen molar-refractivity contribution in [3.63, 3.8) is 0 Å². The van der Waals surface area contributed by atoms with Crippen LogP contribution in [-0.2, 0) is 6.54 Å². The second-order valence-electron chi connectivity index (χ2n) is 4.93. The van der Waals surface area contributed by atoms with E-state index in [1.807, 2.05) is 13.8 Å². The quantitative estimate of drug-likeness (QED) is 0.496. The van der Waals surface area contributed by atoms with E-state index < -0.39 is 4.92 Å². The summed E-state index contributed by atoms with van der Waals surface area (Å²) in [4.78, 5) is 22.4. The van der Waals surface area contributed by atoms with Gasteiger partial charge in [-0.15, -0.1) is 0 Å². The standard InChI is InChI=1S/C13H20N2O3S/c1-4-13(5-2,9-19)8-14-7-11(15(17)18)10(3)6-12(14)16/h6-7,19H,4-5,8-9H2,1-3H3. The lowest BCUT2D eigenvalue weighted by atomic mass is 9.84. The minimum absolute atomic E-state index is 0.0140. The molecule has 0 aliphatic carbocycles. The largest absolute Gasteiger partial charge is 0.308 e. The third-order valence-electron chi connectivity index (χ3n) is 3.84. The lowest BCUT2D eigenvalue weighted by Gasteiger charge is -2.30. The van der Waals surface area contributed by atoms with E-state index >= 15 is 0 Å². The Morgan fingerprint density at radius 3 is 2.42 bits per heavy atom. The van der Waals surface area contributed by atoms with Gasteiger partial charge in [0.1, 0.15) is 0 Å². The number of hydrogen-bond donors (Lipinski definition) is 1. The van der Waals surface area contributed by atoms with Gasteiger partial charge in [-0.05, 0) is 30.9 Å². The van der Waals surface area contributed by atoms with Crippen LogP contribution in [0.25, 0.3) is 0 Å². The Bertz CT molecular complexity index is 513. The van der Waals surface area contributed by atoms with Crippen LogP contribution >= 0.6 is 12.6 Å². The predicted molar refractivity (Wildman–Crippen MR) is 79.0 cm³/mol. The molecule has 6 heteroatoms. The highest BCUT2D eigenvalue weighted by atomic mass is 32.1. The van der Waals surface area contributed by atoms with Gasteiger partial charge in [-0.2, -0.15) is 12.6 Å². The van der Waals surface area contributed by atoms with E-state index in [1.54, 1.807) is 6.92 Å². The molecule has 0 aromatic carbocycles. The Labute approximate surface area is 118 Å². The van der Waals surface area contributed by atoms with Crippen molar-refractivity contribution >= 4 is 18.3 Å². The third-order valence-corrected chi connectivity index (χ3v) is 4.51. The molecule has 1 aromatic rings. The number of aryl methyl sites for hydroxylation is 1. The highest BCUT2D eigenvalue weighted by molar-refractivity contribution is 7.80. The Balaban J connectivity index is 3.24. The highest BCUT2D eigenvalue weighted by Crippen LogP contribution is 2.30. The molecule has 0 saturated heterocycles. The topological polar surface area (TPSA) is 65.1 Å². The van der Waals surface area contributed by atoms with Crippen LogP contribution in [0.3, 0.4) is 0 Å². The summed E-state index contributed by atoms with van der Waals surface area (Å²) in [5.74, 6) is 0.647. The molecule has 0 N–H and O–H groups in total. The average Bonchev–Trinajstić information content (AvgIpc) is 2.38. The van der Waals surface area contributed by atoms with Gasteiger partial charge in [-0.1, -0.05) is 13.8 Å². The van der Waals surface area contributed by atoms with Gasteiger partial charge in [0, 0.05) is 18.2 Å². The van der Waals surface area contributed by atoms with Crippen molar-refractivity contribution in [1.29, 1.82) is 0 Å². The summed E-state index contributed by atoms with van der Waals surface area (Å²) in [6, 6.07) is 1.33. The summed E-state index contributed by atoms with van der Waals surface area (Å²) in [5, 5.41) is 10.9. The zero-order valence-corrected chi connectivity index (χ0v) is 12.4. The van der Waals surface area contributed by atoms with Gasteiger partial charge in [-0.3, -0.25) is 14.9 Å². The first kappa shape index (κ1) is 15.8. The fourth-order valence-corrected chi connectivity index (χ4v) is 2.63. The van der Waals surface area contributed by atoms with Crippen molar-refractivity contribution in [1.82, 2.24) is 4.57 Å². The van der Waals surface area contributed by atoms with Gasteiger partial charge in [0.05, 0.1) is 11.1 Å². The summed E-state index contributed by atoms with van der Waals surface area (Å²) >= 11 is 4.36. The first-order valence-corrected chi connectivity index (χ1v) is 6.98. The van der Waals surface area contributed by atoms with Crippen LogP contribution in [0.2, 0.25) is 0 Å². The van der Waals surface area contributed by atoms with E-state index in [9.17, 15) is 14.9 Å². The normalized spacial score (nSPS) is 11.6. The first-order chi connectivity index (χ1) is 8.89. The molecule has 0 radical (unpaired) electrons. The maximum Gasteiger partial charge on any atom is 0.288 e. The molecule has 0 unspecified atom stereocenters. The number of hydrogen-bond acceptors (Lipinski definition) is 4. The van der Waals surface area contributed by atoms with Gasteiger partial charge in [-0.25, -0.2) is 0 Å². The van der Waals surface area contributed by atoms with E-state index in [1.165, 1.54) is 16.8 Å². The van der Waals surface area contributed by atoms with Crippen LogP contribution in [0.1, 0.15) is 32.3 Å². The summed E-state index contributed by atoms with van der Waals surface area (Å²) in [6.45, 7) is 6.14. The van der Waals surface area contributed by atoms with Gasteiger partial charge in [0.25, 0.3) is 11.2 Å². The van der Waals surface area contributed by atoms with Gasteiger partial charge >= 0.3 is 0 Å². The number of nitrogens with zero attached hydrogens (tertiary/aromatic N) is 2. The van der Waals surface area contributed by atoms with Crippen molar-refractivity contribution in [3.05, 3.63) is 38.3 Å². The number of rotatable bonds is 6. The fraction of sp³-hybridized carbons (Fsp3) is 0.615. The molecular formula is C13H20N2O3S. The lowest BCUT2D eigenvalue weighted by molar-refractivity contribution is -0.386. The van der Waals surface area contributed by atoms with Crippen molar-refractivity contribution in [2.75, 3.05) is 5.75 Å². The van der Waals surface area contributed by atoms with Gasteiger partial charge in [0.2, 0.25) is 0 Å². The zero-order valence-electron chi connectivity index (χ0n) is 11.5. The molecule has 0 saturated carbocycles. The van der Waals surface area contributed by atoms with Crippen LogP contribution in [0.4, 0.5) is 5.69 Å². The number of pyridine rings is 1. The number of nitro groups is 1. The van der Waals surface area contributed by atoms with Crippen molar-refractivity contribution in [2.24, 2.45) is 5.41 Å². The zero-order chi connectivity index (χ0) is 14.6. The summed E-state index contributed by atoms with van der Waals surface area (Å²) in [6.07, 6.45) is 3.10. The molecule has 0 bridgehead atoms. The molecule has 106 valence electrons. The summed E-state index contributed by atoms with van der Waals surface area (Å²) in [7, 11) is 0. The van der Waals surface area contributed by atoms with Crippen LogP contribution < -0.4 is 5.56 Å². The van der Waals surface area contributed by atoms with Crippen LogP contribution in [0, 0.1) is 22.5 Å². The van der Waals surface area contributed by atoms with E-state index in [0.717, 1.165) is 12.8 Å². The van der Waals surface area contributed by atoms with E-state index in [2.05, 4.69) is 12.6 Å². The van der Waals surface area contributed by atoms with E-state index in [0.29, 0.717) is 17.9 Å². The SMILES string of the molecule is CCC(CC)(CS)Cn1cc([N+](=O)[O-])c(C)cc1=O. The minimum atomic E-state index is -0.453. The smallest absolute Gasteiger partial charge is 0.288 e. The number of aromatic nitrogens is 1. The van der Waals surface area contributed by atoms with Crippen molar-refractivity contribution < 1.29 is 4.92 Å². The summed E-state index contributed by atoms with van der Waals surface area (Å²) < 4.78 is 1.44. The Morgan fingerprint density at radius 2 is 2.00 bits per heavy atom. The maximum atomic E-state index is 12.0. The maximum absolute atomic E-state index is 12.0. The second kappa shape index (κ2) is 6.23. The predicted octanol–water partition coefficient (Wildman–Crippen LogP) is 2.80. The Hall–Kier alpha value is -1.30. The lowest BCUT2D eigenvalue weighted by Crippen LogP contribution is -2.33. The molecular weight excluding hydrogens is 264 g/mol. The molecule has 0 spiro atoms. The second-order valence-corrected chi connectivity index (χ2v) is 5.25. The van der Waals surface area contributed by atoms with Crippen molar-refractivity contribution in [3.8, 4) is 0 Å². The van der Waals surface area contributed by atoms with Crippen molar-refractivity contribution in [2.45, 2.75) is 40.2 Å². The van der Waals surface area contributed by atoms with E-state index in [4.69, 9.17) is 0 Å². The molecule has 1 rings (SSSR count). The minimum Gasteiger partial charge on any atom is -0.308 e. The molecule has 1 heterocycles. The third kappa shape index (κ3) is 3.37. The molecule has 0 atom stereocenters. The average molecular weight is 284 g/mol. The molecule has 0 aliphatic heterocycles. The van der Waals surface area contributed by atoms with Crippen LogP contribution in [0.5, 0.6) is 0 Å². The molecule has 1 aromatic heterocycles. The van der Waals surface area contributed by atoms with Gasteiger partial charge in [0.15, 0.2) is 0 Å². The molecule has 0 fully saturated rings. The van der Waals surface area contributed by atoms with E-state index in [-0.39, 0.29) is 16.7 Å². The fourth-order valence-electron chi connectivity index (χ4n) is 2.08. The molecule has 0 aliphatic rings. The summed E-state index contributed by atoms with van der Waals surface area (Å²) in [5.41, 5.74) is 0.0857. The van der Waals surface area contributed by atoms with Gasteiger partial charge < -0.3 is 4.57 Å². The monoisotopic (exact) mass is 284 g/mol. The Morgan fingerprint density at radius 1 is 1.42 bits per heavy atom.